The summed E-state index contributed by atoms with van der Waals surface area (Å²) < 4.78 is 11.2. The lowest BCUT2D eigenvalue weighted by molar-refractivity contribution is -0.121. The van der Waals surface area contributed by atoms with Crippen LogP contribution in [0.2, 0.25) is 0 Å². The quantitative estimate of drug-likeness (QED) is 0.790. The zero-order valence-electron chi connectivity index (χ0n) is 13.9. The van der Waals surface area contributed by atoms with E-state index in [1.54, 1.807) is 0 Å². The number of fused-ring (bicyclic) bond motifs is 1. The van der Waals surface area contributed by atoms with E-state index in [1.165, 1.54) is 0 Å². The maximum absolute atomic E-state index is 12.8. The van der Waals surface area contributed by atoms with Gasteiger partial charge in [0, 0.05) is 5.56 Å². The van der Waals surface area contributed by atoms with E-state index >= 15 is 0 Å². The Balaban J connectivity index is 1.55. The van der Waals surface area contributed by atoms with E-state index in [1.807, 2.05) is 61.5 Å². The van der Waals surface area contributed by atoms with Crippen molar-refractivity contribution < 1.29 is 14.1 Å². The Labute approximate surface area is 145 Å². The number of hydrogen-bond donors (Lipinski definition) is 1. The Morgan fingerprint density at radius 2 is 1.88 bits per heavy atom. The van der Waals surface area contributed by atoms with Crippen molar-refractivity contribution in [3.8, 4) is 17.1 Å². The second-order valence-electron chi connectivity index (χ2n) is 6.15. The highest BCUT2D eigenvalue weighted by molar-refractivity contribution is 5.96. The predicted octanol–water partition coefficient (Wildman–Crippen LogP) is 3.84. The highest BCUT2D eigenvalue weighted by atomic mass is 16.5. The van der Waals surface area contributed by atoms with E-state index in [0.717, 1.165) is 16.9 Å². The summed E-state index contributed by atoms with van der Waals surface area (Å²) in [7, 11) is 0. The molecule has 2 aromatic carbocycles. The standard InChI is InChI=1S/C20H18N2O3/c1-13-18(19(25-22-13)14-7-3-2-4-8-14)21-20(23)16-11-15-9-5-6-10-17(15)24-12-16/h2-10,16H,11-12H2,1H3,(H,21,23)/t16-/m0/s1. The van der Waals surface area contributed by atoms with Crippen LogP contribution in [-0.4, -0.2) is 17.7 Å². The molecule has 0 aliphatic carbocycles. The van der Waals surface area contributed by atoms with Gasteiger partial charge in [-0.1, -0.05) is 53.7 Å². The van der Waals surface area contributed by atoms with Crippen LogP contribution in [0, 0.1) is 12.8 Å². The Bertz CT molecular complexity index is 902. The maximum atomic E-state index is 12.8. The van der Waals surface area contributed by atoms with Crippen molar-refractivity contribution in [2.45, 2.75) is 13.3 Å². The van der Waals surface area contributed by atoms with Crippen molar-refractivity contribution in [2.75, 3.05) is 11.9 Å². The van der Waals surface area contributed by atoms with Crippen LogP contribution in [0.4, 0.5) is 5.69 Å². The average molecular weight is 334 g/mol. The number of hydrogen-bond acceptors (Lipinski definition) is 4. The Morgan fingerprint density at radius 1 is 1.12 bits per heavy atom. The summed E-state index contributed by atoms with van der Waals surface area (Å²) in [5.41, 5.74) is 3.21. The average Bonchev–Trinajstić information content (AvgIpc) is 3.02. The fourth-order valence-corrected chi connectivity index (χ4v) is 3.03. The van der Waals surface area contributed by atoms with E-state index in [9.17, 15) is 4.79 Å². The molecule has 1 aromatic heterocycles. The van der Waals surface area contributed by atoms with E-state index in [0.29, 0.717) is 30.2 Å². The van der Waals surface area contributed by atoms with Crippen LogP contribution in [0.15, 0.2) is 59.1 Å². The van der Waals surface area contributed by atoms with Crippen LogP contribution < -0.4 is 10.1 Å². The minimum atomic E-state index is -0.243. The molecule has 1 aliphatic rings. The molecule has 5 nitrogen and oxygen atoms in total. The van der Waals surface area contributed by atoms with Crippen molar-refractivity contribution in [3.63, 3.8) is 0 Å². The first kappa shape index (κ1) is 15.4. The molecule has 1 amide bonds. The van der Waals surface area contributed by atoms with E-state index in [2.05, 4.69) is 10.5 Å². The summed E-state index contributed by atoms with van der Waals surface area (Å²) in [6.45, 7) is 2.19. The lowest BCUT2D eigenvalue weighted by atomic mass is 9.96. The van der Waals surface area contributed by atoms with Gasteiger partial charge in [-0.25, -0.2) is 0 Å². The number of ether oxygens (including phenoxy) is 1. The van der Waals surface area contributed by atoms with Crippen LogP contribution in [0.3, 0.4) is 0 Å². The number of anilines is 1. The monoisotopic (exact) mass is 334 g/mol. The van der Waals surface area contributed by atoms with Crippen molar-refractivity contribution in [2.24, 2.45) is 5.92 Å². The summed E-state index contributed by atoms with van der Waals surface area (Å²) in [4.78, 5) is 12.8. The second kappa shape index (κ2) is 6.43. The number of carbonyl (C=O) groups excluding carboxylic acids is 1. The van der Waals surface area contributed by atoms with Crippen LogP contribution in [-0.2, 0) is 11.2 Å². The van der Waals surface area contributed by atoms with Gasteiger partial charge in [-0.05, 0) is 25.0 Å². The molecule has 0 radical (unpaired) electrons. The van der Waals surface area contributed by atoms with Crippen molar-refractivity contribution in [3.05, 3.63) is 65.9 Å². The topological polar surface area (TPSA) is 64.4 Å². The van der Waals surface area contributed by atoms with Crippen LogP contribution >= 0.6 is 0 Å². The highest BCUT2D eigenvalue weighted by Crippen LogP contribution is 2.32. The Morgan fingerprint density at radius 3 is 2.72 bits per heavy atom. The first-order valence-corrected chi connectivity index (χ1v) is 8.25. The molecule has 2 heterocycles. The summed E-state index contributed by atoms with van der Waals surface area (Å²) in [6.07, 6.45) is 0.660. The van der Waals surface area contributed by atoms with Crippen molar-refractivity contribution in [1.82, 2.24) is 5.16 Å². The molecule has 1 atom stereocenters. The molecule has 1 aliphatic heterocycles. The van der Waals surface area contributed by atoms with Crippen LogP contribution in [0.25, 0.3) is 11.3 Å². The zero-order chi connectivity index (χ0) is 17.2. The smallest absolute Gasteiger partial charge is 0.231 e. The number of benzene rings is 2. The maximum Gasteiger partial charge on any atom is 0.231 e. The molecule has 0 bridgehead atoms. The first-order valence-electron chi connectivity index (χ1n) is 8.25. The highest BCUT2D eigenvalue weighted by Gasteiger charge is 2.27. The van der Waals surface area contributed by atoms with Crippen LogP contribution in [0.5, 0.6) is 5.75 Å². The first-order chi connectivity index (χ1) is 12.2. The van der Waals surface area contributed by atoms with Gasteiger partial charge in [-0.2, -0.15) is 0 Å². The molecule has 3 aromatic rings. The Kier molecular flexibility index (Phi) is 3.98. The molecule has 1 N–H and O–H groups in total. The predicted molar refractivity (Wildman–Crippen MR) is 94.4 cm³/mol. The van der Waals surface area contributed by atoms with Gasteiger partial charge >= 0.3 is 0 Å². The third-order valence-corrected chi connectivity index (χ3v) is 4.40. The number of para-hydroxylation sites is 1. The largest absolute Gasteiger partial charge is 0.492 e. The number of aromatic nitrogens is 1. The molecule has 0 saturated heterocycles. The molecular weight excluding hydrogens is 316 g/mol. The number of rotatable bonds is 3. The number of nitrogens with one attached hydrogen (secondary N) is 1. The van der Waals surface area contributed by atoms with Gasteiger partial charge < -0.3 is 14.6 Å². The molecule has 0 spiro atoms. The fraction of sp³-hybridized carbons (Fsp3) is 0.200. The lowest BCUT2D eigenvalue weighted by Gasteiger charge is -2.24. The van der Waals surface area contributed by atoms with Crippen molar-refractivity contribution >= 4 is 11.6 Å². The zero-order valence-corrected chi connectivity index (χ0v) is 13.9. The lowest BCUT2D eigenvalue weighted by Crippen LogP contribution is -2.32. The molecule has 0 saturated carbocycles. The summed E-state index contributed by atoms with van der Waals surface area (Å²) in [5.74, 6) is 1.10. The van der Waals surface area contributed by atoms with Crippen molar-refractivity contribution in [1.29, 1.82) is 0 Å². The summed E-state index contributed by atoms with van der Waals surface area (Å²) in [6, 6.07) is 17.4. The number of aryl methyl sites for hydroxylation is 1. The van der Waals surface area contributed by atoms with E-state index < -0.39 is 0 Å². The summed E-state index contributed by atoms with van der Waals surface area (Å²) in [5, 5.41) is 6.99. The van der Waals surface area contributed by atoms with Gasteiger partial charge in [0.2, 0.25) is 5.91 Å². The molecule has 5 heteroatoms. The second-order valence-corrected chi connectivity index (χ2v) is 6.15. The number of carbonyl (C=O) groups is 1. The van der Waals surface area contributed by atoms with Crippen LogP contribution in [0.1, 0.15) is 11.3 Å². The Hall–Kier alpha value is -3.08. The van der Waals surface area contributed by atoms with Gasteiger partial charge in [0.1, 0.15) is 23.7 Å². The minimum absolute atomic E-state index is 0.0852. The molecular formula is C20H18N2O3. The third kappa shape index (κ3) is 3.01. The van der Waals surface area contributed by atoms with Gasteiger partial charge in [0.05, 0.1) is 5.92 Å². The van der Waals surface area contributed by atoms with E-state index in [4.69, 9.17) is 9.26 Å². The molecule has 25 heavy (non-hydrogen) atoms. The molecule has 0 unspecified atom stereocenters. The van der Waals surface area contributed by atoms with Gasteiger partial charge in [-0.3, -0.25) is 4.79 Å². The van der Waals surface area contributed by atoms with Gasteiger partial charge in [-0.15, -0.1) is 0 Å². The normalized spacial score (nSPS) is 16.0. The molecule has 126 valence electrons. The molecule has 0 fully saturated rings. The van der Waals surface area contributed by atoms with Gasteiger partial charge in [0.15, 0.2) is 5.76 Å². The SMILES string of the molecule is Cc1noc(-c2ccccc2)c1NC(=O)[C@@H]1COc2ccccc2C1. The number of amides is 1. The fourth-order valence-electron chi connectivity index (χ4n) is 3.03. The number of nitrogens with zero attached hydrogens (tertiary/aromatic N) is 1. The third-order valence-electron chi connectivity index (χ3n) is 4.40. The summed E-state index contributed by atoms with van der Waals surface area (Å²) >= 11 is 0. The minimum Gasteiger partial charge on any atom is -0.492 e. The van der Waals surface area contributed by atoms with Gasteiger partial charge in [0.25, 0.3) is 0 Å². The van der Waals surface area contributed by atoms with E-state index in [-0.39, 0.29) is 11.8 Å². The molecule has 4 rings (SSSR count).